The number of ether oxygens (including phenoxy) is 3. The van der Waals surface area contributed by atoms with E-state index in [1.54, 1.807) is 31.2 Å². The van der Waals surface area contributed by atoms with Crippen LogP contribution in [-0.4, -0.2) is 52.5 Å². The lowest BCUT2D eigenvalue weighted by Gasteiger charge is -2.29. The largest absolute Gasteiger partial charge is 0.497 e. The molecule has 1 atom stereocenters. The summed E-state index contributed by atoms with van der Waals surface area (Å²) in [6, 6.07) is 10.0. The second-order valence-corrected chi connectivity index (χ2v) is 8.45. The topological polar surface area (TPSA) is 99.2 Å². The molecule has 0 radical (unpaired) electrons. The van der Waals surface area contributed by atoms with Crippen LogP contribution in [0.4, 0.5) is 0 Å². The van der Waals surface area contributed by atoms with Gasteiger partial charge in [-0.25, -0.2) is 13.2 Å². The van der Waals surface area contributed by atoms with E-state index in [1.165, 1.54) is 39.5 Å². The van der Waals surface area contributed by atoms with E-state index >= 15 is 0 Å². The van der Waals surface area contributed by atoms with Crippen LogP contribution in [0.1, 0.15) is 34.5 Å². The van der Waals surface area contributed by atoms with Crippen molar-refractivity contribution in [3.05, 3.63) is 59.2 Å². The van der Waals surface area contributed by atoms with Gasteiger partial charge in [-0.05, 0) is 43.7 Å². The number of benzene rings is 2. The Morgan fingerprint density at radius 3 is 2.17 bits per heavy atom. The number of esters is 2. The molecule has 9 heteroatoms. The van der Waals surface area contributed by atoms with Crippen LogP contribution in [0.3, 0.4) is 0 Å². The molecule has 2 rings (SSSR count). The fraction of sp³-hybridized carbons (Fsp3) is 0.333. The summed E-state index contributed by atoms with van der Waals surface area (Å²) in [6.07, 6.45) is 0. The number of nitrogens with zero attached hydrogens (tertiary/aromatic N) is 1. The van der Waals surface area contributed by atoms with Crippen LogP contribution in [-0.2, 0) is 24.3 Å². The summed E-state index contributed by atoms with van der Waals surface area (Å²) in [5, 5.41) is 0. The standard InChI is InChI=1S/C21H25NO7S/c1-14-6-9-17(10-7-14)30(25,26)22(13-20(23)28-4)15(2)18-11-8-16(27-3)12-19(18)21(24)29-5/h6-12,15H,13H2,1-5H3. The first-order valence-corrected chi connectivity index (χ1v) is 10.5. The predicted octanol–water partition coefficient (Wildman–Crippen LogP) is 2.72. The summed E-state index contributed by atoms with van der Waals surface area (Å²) >= 11 is 0. The molecule has 0 amide bonds. The van der Waals surface area contributed by atoms with E-state index in [0.29, 0.717) is 11.3 Å². The summed E-state index contributed by atoms with van der Waals surface area (Å²) in [6.45, 7) is 2.90. The highest BCUT2D eigenvalue weighted by Gasteiger charge is 2.34. The van der Waals surface area contributed by atoms with Gasteiger partial charge in [-0.1, -0.05) is 23.8 Å². The lowest BCUT2D eigenvalue weighted by Crippen LogP contribution is -2.38. The van der Waals surface area contributed by atoms with Crippen LogP contribution >= 0.6 is 0 Å². The SMILES string of the molecule is COC(=O)CN(C(C)c1ccc(OC)cc1C(=O)OC)S(=O)(=O)c1ccc(C)cc1. The van der Waals surface area contributed by atoms with E-state index in [0.717, 1.165) is 9.87 Å². The van der Waals surface area contributed by atoms with Crippen molar-refractivity contribution in [1.29, 1.82) is 0 Å². The van der Waals surface area contributed by atoms with Crippen LogP contribution < -0.4 is 4.74 Å². The Bertz CT molecular complexity index is 1020. The van der Waals surface area contributed by atoms with Crippen LogP contribution in [0.15, 0.2) is 47.4 Å². The Morgan fingerprint density at radius 2 is 1.63 bits per heavy atom. The number of hydrogen-bond acceptors (Lipinski definition) is 7. The van der Waals surface area contributed by atoms with Crippen molar-refractivity contribution in [2.24, 2.45) is 0 Å². The summed E-state index contributed by atoms with van der Waals surface area (Å²) in [4.78, 5) is 24.4. The van der Waals surface area contributed by atoms with Gasteiger partial charge in [0.05, 0.1) is 31.8 Å². The first-order chi connectivity index (χ1) is 14.1. The fourth-order valence-corrected chi connectivity index (χ4v) is 4.49. The molecule has 8 nitrogen and oxygen atoms in total. The molecule has 0 aliphatic carbocycles. The molecule has 0 aromatic heterocycles. The maximum atomic E-state index is 13.4. The molecule has 1 unspecified atom stereocenters. The quantitative estimate of drug-likeness (QED) is 0.588. The molecule has 2 aromatic carbocycles. The molecule has 0 saturated heterocycles. The number of aryl methyl sites for hydroxylation is 1. The Morgan fingerprint density at radius 1 is 1.00 bits per heavy atom. The lowest BCUT2D eigenvalue weighted by molar-refractivity contribution is -0.141. The van der Waals surface area contributed by atoms with E-state index in [9.17, 15) is 18.0 Å². The summed E-state index contributed by atoms with van der Waals surface area (Å²) in [5.41, 5.74) is 1.39. The number of carbonyl (C=O) groups excluding carboxylic acids is 2. The second-order valence-electron chi connectivity index (χ2n) is 6.56. The van der Waals surface area contributed by atoms with Crippen LogP contribution in [0.25, 0.3) is 0 Å². The molecule has 0 spiro atoms. The van der Waals surface area contributed by atoms with Gasteiger partial charge in [0, 0.05) is 6.04 Å². The third-order valence-corrected chi connectivity index (χ3v) is 6.62. The molecule has 0 bridgehead atoms. The van der Waals surface area contributed by atoms with E-state index in [4.69, 9.17) is 14.2 Å². The van der Waals surface area contributed by atoms with Gasteiger partial charge < -0.3 is 14.2 Å². The number of rotatable bonds is 8. The minimum atomic E-state index is -4.09. The summed E-state index contributed by atoms with van der Waals surface area (Å²) < 4.78 is 42.4. The van der Waals surface area contributed by atoms with E-state index < -0.39 is 34.5 Å². The van der Waals surface area contributed by atoms with Crippen molar-refractivity contribution in [2.75, 3.05) is 27.9 Å². The fourth-order valence-electron chi connectivity index (χ4n) is 2.94. The monoisotopic (exact) mass is 435 g/mol. The maximum Gasteiger partial charge on any atom is 0.338 e. The first-order valence-electron chi connectivity index (χ1n) is 9.07. The zero-order chi connectivity index (χ0) is 22.5. The van der Waals surface area contributed by atoms with Gasteiger partial charge in [0.25, 0.3) is 0 Å². The third kappa shape index (κ3) is 4.98. The van der Waals surface area contributed by atoms with E-state index in [1.807, 2.05) is 6.92 Å². The molecule has 2 aromatic rings. The lowest BCUT2D eigenvalue weighted by atomic mass is 10.0. The average molecular weight is 435 g/mol. The number of methoxy groups -OCH3 is 3. The second kappa shape index (κ2) is 9.73. The highest BCUT2D eigenvalue weighted by Crippen LogP contribution is 2.32. The van der Waals surface area contributed by atoms with Gasteiger partial charge in [0.2, 0.25) is 10.0 Å². The normalized spacial score (nSPS) is 12.3. The van der Waals surface area contributed by atoms with E-state index in [-0.39, 0.29) is 10.5 Å². The number of hydrogen-bond donors (Lipinski definition) is 0. The van der Waals surface area contributed by atoms with E-state index in [2.05, 4.69) is 0 Å². The Labute approximate surface area is 176 Å². The average Bonchev–Trinajstić information content (AvgIpc) is 2.75. The minimum Gasteiger partial charge on any atom is -0.497 e. The van der Waals surface area contributed by atoms with Crippen LogP contribution in [0.2, 0.25) is 0 Å². The molecular formula is C21H25NO7S. The van der Waals surface area contributed by atoms with Crippen molar-refractivity contribution in [3.8, 4) is 5.75 Å². The molecular weight excluding hydrogens is 410 g/mol. The Kier molecular flexibility index (Phi) is 7.58. The first kappa shape index (κ1) is 23.4. The van der Waals surface area contributed by atoms with Crippen molar-refractivity contribution in [3.63, 3.8) is 0 Å². The predicted molar refractivity (Wildman–Crippen MR) is 110 cm³/mol. The number of sulfonamides is 1. The van der Waals surface area contributed by atoms with Gasteiger partial charge in [-0.3, -0.25) is 4.79 Å². The zero-order valence-corrected chi connectivity index (χ0v) is 18.4. The van der Waals surface area contributed by atoms with Crippen LogP contribution in [0, 0.1) is 6.92 Å². The maximum absolute atomic E-state index is 13.4. The Balaban J connectivity index is 2.61. The van der Waals surface area contributed by atoms with Gasteiger partial charge in [0.15, 0.2) is 0 Å². The van der Waals surface area contributed by atoms with Crippen molar-refractivity contribution in [1.82, 2.24) is 4.31 Å². The minimum absolute atomic E-state index is 0.0250. The highest BCUT2D eigenvalue weighted by molar-refractivity contribution is 7.89. The smallest absolute Gasteiger partial charge is 0.338 e. The molecule has 0 heterocycles. The highest BCUT2D eigenvalue weighted by atomic mass is 32.2. The summed E-state index contributed by atoms with van der Waals surface area (Å²) in [5.74, 6) is -0.973. The Hall–Kier alpha value is -2.91. The molecule has 0 saturated carbocycles. The van der Waals surface area contributed by atoms with Gasteiger partial charge in [-0.2, -0.15) is 4.31 Å². The molecule has 162 valence electrons. The third-order valence-electron chi connectivity index (χ3n) is 4.69. The van der Waals surface area contributed by atoms with Crippen molar-refractivity contribution < 1.29 is 32.2 Å². The summed E-state index contributed by atoms with van der Waals surface area (Å²) in [7, 11) is -0.232. The molecule has 30 heavy (non-hydrogen) atoms. The van der Waals surface area contributed by atoms with Crippen LogP contribution in [0.5, 0.6) is 5.75 Å². The van der Waals surface area contributed by atoms with Gasteiger partial charge >= 0.3 is 11.9 Å². The zero-order valence-electron chi connectivity index (χ0n) is 17.5. The van der Waals surface area contributed by atoms with Gasteiger partial charge in [-0.15, -0.1) is 0 Å². The molecule has 0 aliphatic heterocycles. The molecule has 0 N–H and O–H groups in total. The molecule has 0 aliphatic rings. The number of carbonyl (C=O) groups is 2. The van der Waals surface area contributed by atoms with Gasteiger partial charge in [0.1, 0.15) is 12.3 Å². The van der Waals surface area contributed by atoms with Crippen molar-refractivity contribution >= 4 is 22.0 Å². The molecule has 0 fully saturated rings. The van der Waals surface area contributed by atoms with Crippen molar-refractivity contribution in [2.45, 2.75) is 24.8 Å².